The molecule has 0 fully saturated rings. The summed E-state index contributed by atoms with van der Waals surface area (Å²) >= 11 is 1.14. The molecule has 7 nitrogen and oxygen atoms in total. The van der Waals surface area contributed by atoms with Gasteiger partial charge in [-0.3, -0.25) is 4.79 Å². The molecule has 0 bridgehead atoms. The number of thioether (sulfide) groups is 1. The van der Waals surface area contributed by atoms with Crippen molar-refractivity contribution in [2.45, 2.75) is 30.9 Å². The summed E-state index contributed by atoms with van der Waals surface area (Å²) < 4.78 is 11.2. The van der Waals surface area contributed by atoms with E-state index in [1.54, 1.807) is 31.2 Å². The molecule has 0 spiro atoms. The van der Waals surface area contributed by atoms with Crippen molar-refractivity contribution in [2.24, 2.45) is 0 Å². The van der Waals surface area contributed by atoms with E-state index in [1.165, 1.54) is 0 Å². The van der Waals surface area contributed by atoms with Crippen molar-refractivity contribution in [3.8, 4) is 11.8 Å². The van der Waals surface area contributed by atoms with Crippen LogP contribution in [0.25, 0.3) is 0 Å². The summed E-state index contributed by atoms with van der Waals surface area (Å²) in [5.41, 5.74) is 1.97. The number of nitrogens with one attached hydrogen (secondary N) is 1. The maximum atomic E-state index is 12.4. The first-order chi connectivity index (χ1) is 13.5. The highest BCUT2D eigenvalue weighted by molar-refractivity contribution is 8.00. The Morgan fingerprint density at radius 2 is 2.11 bits per heavy atom. The summed E-state index contributed by atoms with van der Waals surface area (Å²) in [4.78, 5) is 12.4. The Morgan fingerprint density at radius 3 is 2.89 bits per heavy atom. The van der Waals surface area contributed by atoms with E-state index in [9.17, 15) is 4.79 Å². The van der Waals surface area contributed by atoms with E-state index >= 15 is 0 Å². The third kappa shape index (κ3) is 5.11. The summed E-state index contributed by atoms with van der Waals surface area (Å²) in [5, 5.41) is 19.5. The average Bonchev–Trinajstić information content (AvgIpc) is 3.14. The van der Waals surface area contributed by atoms with Crippen LogP contribution in [0.5, 0.6) is 5.75 Å². The zero-order chi connectivity index (χ0) is 19.9. The molecule has 0 saturated heterocycles. The number of hydrogen-bond donors (Lipinski definition) is 1. The van der Waals surface area contributed by atoms with Crippen LogP contribution in [0.15, 0.2) is 58.2 Å². The third-order valence-electron chi connectivity index (χ3n) is 3.75. The van der Waals surface area contributed by atoms with Crippen molar-refractivity contribution in [1.82, 2.24) is 10.2 Å². The highest BCUT2D eigenvalue weighted by atomic mass is 32.2. The molecule has 0 aliphatic carbocycles. The van der Waals surface area contributed by atoms with Crippen LogP contribution in [-0.2, 0) is 11.4 Å². The maximum Gasteiger partial charge on any atom is 0.277 e. The van der Waals surface area contributed by atoms with Gasteiger partial charge in [0.05, 0.1) is 16.5 Å². The summed E-state index contributed by atoms with van der Waals surface area (Å²) in [6.07, 6.45) is 0. The molecule has 3 rings (SSSR count). The van der Waals surface area contributed by atoms with Crippen molar-refractivity contribution >= 4 is 23.4 Å². The molecule has 1 amide bonds. The Morgan fingerprint density at radius 1 is 1.29 bits per heavy atom. The molecule has 0 saturated carbocycles. The molecule has 1 heterocycles. The van der Waals surface area contributed by atoms with Crippen LogP contribution in [0.2, 0.25) is 0 Å². The van der Waals surface area contributed by atoms with Crippen molar-refractivity contribution in [3.05, 3.63) is 65.5 Å². The number of hydrogen-bond acceptors (Lipinski definition) is 7. The third-order valence-corrected chi connectivity index (χ3v) is 4.69. The fourth-order valence-electron chi connectivity index (χ4n) is 2.32. The fraction of sp³-hybridized carbons (Fsp3) is 0.200. The molecule has 142 valence electrons. The molecule has 2 aromatic carbocycles. The number of aromatic nitrogens is 2. The Balaban J connectivity index is 1.55. The predicted molar refractivity (Wildman–Crippen MR) is 105 cm³/mol. The number of rotatable bonds is 7. The van der Waals surface area contributed by atoms with Crippen LogP contribution in [0.1, 0.15) is 23.9 Å². The van der Waals surface area contributed by atoms with E-state index in [-0.39, 0.29) is 17.7 Å². The largest absolute Gasteiger partial charge is 0.484 e. The second-order valence-electron chi connectivity index (χ2n) is 5.97. The number of para-hydroxylation sites is 1. The lowest BCUT2D eigenvalue weighted by Gasteiger charge is -2.10. The number of amides is 1. The second-order valence-corrected chi connectivity index (χ2v) is 7.27. The number of ether oxygens (including phenoxy) is 1. The molecule has 1 N–H and O–H groups in total. The van der Waals surface area contributed by atoms with Gasteiger partial charge in [0, 0.05) is 0 Å². The van der Waals surface area contributed by atoms with Gasteiger partial charge in [-0.25, -0.2) is 0 Å². The van der Waals surface area contributed by atoms with E-state index in [4.69, 9.17) is 14.4 Å². The van der Waals surface area contributed by atoms with E-state index in [2.05, 4.69) is 15.5 Å². The van der Waals surface area contributed by atoms with Crippen molar-refractivity contribution < 1.29 is 13.9 Å². The first-order valence-electron chi connectivity index (χ1n) is 8.53. The average molecular weight is 394 g/mol. The van der Waals surface area contributed by atoms with Gasteiger partial charge in [0.15, 0.2) is 6.61 Å². The normalized spacial score (nSPS) is 11.5. The summed E-state index contributed by atoms with van der Waals surface area (Å²) in [7, 11) is 0. The molecule has 1 atom stereocenters. The number of nitriles is 1. The molecule has 28 heavy (non-hydrogen) atoms. The SMILES string of the molecule is Cc1cccc(OCc2nnc(SC(C)C(=O)Nc3ccccc3C#N)o2)c1. The van der Waals surface area contributed by atoms with Crippen LogP contribution in [0.4, 0.5) is 5.69 Å². The van der Waals surface area contributed by atoms with Gasteiger partial charge >= 0.3 is 0 Å². The van der Waals surface area contributed by atoms with Crippen LogP contribution in [0, 0.1) is 18.3 Å². The standard InChI is InChI=1S/C20H18N4O3S/c1-13-6-5-8-16(10-13)26-12-18-23-24-20(27-18)28-14(2)19(25)22-17-9-4-3-7-15(17)11-21/h3-10,14H,12H2,1-2H3,(H,22,25). The molecule has 3 aromatic rings. The van der Waals surface area contributed by atoms with Gasteiger partial charge in [0.25, 0.3) is 11.1 Å². The Kier molecular flexibility index (Phi) is 6.29. The number of carbonyl (C=O) groups excluding carboxylic acids is 1. The quantitative estimate of drug-likeness (QED) is 0.606. The van der Waals surface area contributed by atoms with Gasteiger partial charge in [0.1, 0.15) is 11.8 Å². The smallest absolute Gasteiger partial charge is 0.277 e. The van der Waals surface area contributed by atoms with E-state index in [0.717, 1.165) is 23.1 Å². The number of carbonyl (C=O) groups is 1. The predicted octanol–water partition coefficient (Wildman–Crippen LogP) is 3.95. The molecular formula is C20H18N4O3S. The summed E-state index contributed by atoms with van der Waals surface area (Å²) in [6.45, 7) is 3.85. The van der Waals surface area contributed by atoms with Gasteiger partial charge in [0.2, 0.25) is 5.91 Å². The molecule has 0 aliphatic rings. The first-order valence-corrected chi connectivity index (χ1v) is 9.41. The highest BCUT2D eigenvalue weighted by Crippen LogP contribution is 2.24. The molecule has 0 radical (unpaired) electrons. The monoisotopic (exact) mass is 394 g/mol. The number of nitrogens with zero attached hydrogens (tertiary/aromatic N) is 3. The van der Waals surface area contributed by atoms with E-state index in [0.29, 0.717) is 17.1 Å². The zero-order valence-corrected chi connectivity index (χ0v) is 16.2. The van der Waals surface area contributed by atoms with E-state index in [1.807, 2.05) is 37.3 Å². The highest BCUT2D eigenvalue weighted by Gasteiger charge is 2.19. The van der Waals surface area contributed by atoms with Crippen molar-refractivity contribution in [2.75, 3.05) is 5.32 Å². The van der Waals surface area contributed by atoms with Gasteiger partial charge in [-0.1, -0.05) is 36.0 Å². The lowest BCUT2D eigenvalue weighted by molar-refractivity contribution is -0.115. The molecule has 0 aliphatic heterocycles. The fourth-order valence-corrected chi connectivity index (χ4v) is 3.02. The Labute approximate surface area is 166 Å². The minimum Gasteiger partial charge on any atom is -0.484 e. The molecular weight excluding hydrogens is 376 g/mol. The van der Waals surface area contributed by atoms with Crippen LogP contribution >= 0.6 is 11.8 Å². The summed E-state index contributed by atoms with van der Waals surface area (Å²) in [6, 6.07) is 16.5. The Bertz CT molecular complexity index is 1010. The van der Waals surface area contributed by atoms with Crippen molar-refractivity contribution in [1.29, 1.82) is 5.26 Å². The Hall–Kier alpha value is -3.31. The maximum absolute atomic E-state index is 12.4. The number of benzene rings is 2. The minimum atomic E-state index is -0.488. The number of anilines is 1. The van der Waals surface area contributed by atoms with Gasteiger partial charge in [-0.15, -0.1) is 10.2 Å². The van der Waals surface area contributed by atoms with Gasteiger partial charge in [-0.05, 0) is 43.7 Å². The van der Waals surface area contributed by atoms with Crippen LogP contribution in [-0.4, -0.2) is 21.4 Å². The van der Waals surface area contributed by atoms with Gasteiger partial charge < -0.3 is 14.5 Å². The van der Waals surface area contributed by atoms with E-state index < -0.39 is 5.25 Å². The number of aryl methyl sites for hydroxylation is 1. The second kappa shape index (κ2) is 9.06. The lowest BCUT2D eigenvalue weighted by atomic mass is 10.2. The lowest BCUT2D eigenvalue weighted by Crippen LogP contribution is -2.22. The zero-order valence-electron chi connectivity index (χ0n) is 15.4. The topological polar surface area (TPSA) is 101 Å². The van der Waals surface area contributed by atoms with Crippen molar-refractivity contribution in [3.63, 3.8) is 0 Å². The molecule has 8 heteroatoms. The minimum absolute atomic E-state index is 0.146. The van der Waals surface area contributed by atoms with Gasteiger partial charge in [-0.2, -0.15) is 5.26 Å². The molecule has 1 aromatic heterocycles. The van der Waals surface area contributed by atoms with Crippen LogP contribution in [0.3, 0.4) is 0 Å². The summed E-state index contributed by atoms with van der Waals surface area (Å²) in [5.74, 6) is 0.784. The van der Waals surface area contributed by atoms with Crippen LogP contribution < -0.4 is 10.1 Å². The first kappa shape index (κ1) is 19.5. The molecule has 1 unspecified atom stereocenters.